The summed E-state index contributed by atoms with van der Waals surface area (Å²) in [5.74, 6) is 0. The SMILES string of the molecule is CC.CC.Cc1cn(-c2cccnc2)cn1. The van der Waals surface area contributed by atoms with Gasteiger partial charge in [-0.1, -0.05) is 27.7 Å². The molecule has 0 unspecified atom stereocenters. The zero-order chi connectivity index (χ0) is 12.4. The highest BCUT2D eigenvalue weighted by molar-refractivity contribution is 5.27. The first-order valence-electron chi connectivity index (χ1n) is 5.77. The van der Waals surface area contributed by atoms with Crippen LogP contribution in [0.25, 0.3) is 5.69 Å². The summed E-state index contributed by atoms with van der Waals surface area (Å²) in [5.41, 5.74) is 2.05. The fourth-order valence-electron chi connectivity index (χ4n) is 1.07. The number of aryl methyl sites for hydroxylation is 1. The number of nitrogens with zero attached hydrogens (tertiary/aromatic N) is 3. The molecule has 0 aliphatic heterocycles. The Morgan fingerprint density at radius 2 is 1.81 bits per heavy atom. The monoisotopic (exact) mass is 219 g/mol. The topological polar surface area (TPSA) is 30.7 Å². The van der Waals surface area contributed by atoms with E-state index in [1.807, 2.05) is 57.5 Å². The molecule has 2 rings (SSSR count). The van der Waals surface area contributed by atoms with Crippen LogP contribution < -0.4 is 0 Å². The van der Waals surface area contributed by atoms with Crippen molar-refractivity contribution in [1.82, 2.24) is 14.5 Å². The van der Waals surface area contributed by atoms with Crippen LogP contribution in [-0.4, -0.2) is 14.5 Å². The highest BCUT2D eigenvalue weighted by Crippen LogP contribution is 2.04. The van der Waals surface area contributed by atoms with Gasteiger partial charge in [0.2, 0.25) is 0 Å². The molecule has 16 heavy (non-hydrogen) atoms. The highest BCUT2D eigenvalue weighted by Gasteiger charge is 1.94. The molecule has 0 spiro atoms. The van der Waals surface area contributed by atoms with E-state index in [-0.39, 0.29) is 0 Å². The third kappa shape index (κ3) is 4.26. The van der Waals surface area contributed by atoms with Crippen molar-refractivity contribution in [3.05, 3.63) is 42.7 Å². The van der Waals surface area contributed by atoms with Gasteiger partial charge in [-0.15, -0.1) is 0 Å². The van der Waals surface area contributed by atoms with Gasteiger partial charge in [-0.3, -0.25) is 4.98 Å². The molecule has 0 bridgehead atoms. The summed E-state index contributed by atoms with van der Waals surface area (Å²) < 4.78 is 1.95. The average Bonchev–Trinajstić information content (AvgIpc) is 2.82. The fourth-order valence-corrected chi connectivity index (χ4v) is 1.07. The molecule has 3 nitrogen and oxygen atoms in total. The Kier molecular flexibility index (Phi) is 7.76. The van der Waals surface area contributed by atoms with Crippen molar-refractivity contribution < 1.29 is 0 Å². The second kappa shape index (κ2) is 8.65. The molecule has 2 aromatic rings. The number of imidazole rings is 1. The van der Waals surface area contributed by atoms with E-state index in [0.717, 1.165) is 11.4 Å². The molecule has 0 aromatic carbocycles. The molecular formula is C13H21N3. The lowest BCUT2D eigenvalue weighted by molar-refractivity contribution is 1.04. The van der Waals surface area contributed by atoms with E-state index in [2.05, 4.69) is 9.97 Å². The summed E-state index contributed by atoms with van der Waals surface area (Å²) >= 11 is 0. The summed E-state index contributed by atoms with van der Waals surface area (Å²) in [4.78, 5) is 8.15. The third-order valence-electron chi connectivity index (χ3n) is 1.66. The lowest BCUT2D eigenvalue weighted by atomic mass is 10.4. The van der Waals surface area contributed by atoms with Gasteiger partial charge < -0.3 is 4.57 Å². The molecule has 2 heterocycles. The van der Waals surface area contributed by atoms with Crippen LogP contribution >= 0.6 is 0 Å². The molecule has 0 N–H and O–H groups in total. The van der Waals surface area contributed by atoms with E-state index >= 15 is 0 Å². The van der Waals surface area contributed by atoms with Crippen LogP contribution in [0, 0.1) is 6.92 Å². The molecule has 88 valence electrons. The van der Waals surface area contributed by atoms with E-state index in [0.29, 0.717) is 0 Å². The van der Waals surface area contributed by atoms with Gasteiger partial charge in [0.1, 0.15) is 0 Å². The van der Waals surface area contributed by atoms with Crippen molar-refractivity contribution in [1.29, 1.82) is 0 Å². The maximum absolute atomic E-state index is 4.13. The third-order valence-corrected chi connectivity index (χ3v) is 1.66. The van der Waals surface area contributed by atoms with Crippen LogP contribution in [0.1, 0.15) is 33.4 Å². The van der Waals surface area contributed by atoms with Crippen LogP contribution in [0.4, 0.5) is 0 Å². The predicted molar refractivity (Wildman–Crippen MR) is 68.8 cm³/mol. The predicted octanol–water partition coefficient (Wildman–Crippen LogP) is 3.63. The first-order valence-corrected chi connectivity index (χ1v) is 5.77. The van der Waals surface area contributed by atoms with E-state index in [4.69, 9.17) is 0 Å². The van der Waals surface area contributed by atoms with Crippen molar-refractivity contribution in [2.24, 2.45) is 0 Å². The van der Waals surface area contributed by atoms with Gasteiger partial charge in [0.05, 0.1) is 23.9 Å². The number of hydrogen-bond donors (Lipinski definition) is 0. The van der Waals surface area contributed by atoms with E-state index in [1.54, 1.807) is 18.7 Å². The van der Waals surface area contributed by atoms with Crippen LogP contribution in [0.2, 0.25) is 0 Å². The second-order valence-electron chi connectivity index (χ2n) is 2.63. The van der Waals surface area contributed by atoms with Gasteiger partial charge in [0.25, 0.3) is 0 Å². The second-order valence-corrected chi connectivity index (χ2v) is 2.63. The molecular weight excluding hydrogens is 198 g/mol. The molecule has 0 fully saturated rings. The maximum Gasteiger partial charge on any atom is 0.0995 e. The largest absolute Gasteiger partial charge is 0.304 e. The average molecular weight is 219 g/mol. The number of rotatable bonds is 1. The number of aromatic nitrogens is 3. The molecule has 0 atom stereocenters. The minimum Gasteiger partial charge on any atom is -0.304 e. The quantitative estimate of drug-likeness (QED) is 0.733. The molecule has 2 aromatic heterocycles. The first-order chi connectivity index (χ1) is 7.86. The van der Waals surface area contributed by atoms with Gasteiger partial charge >= 0.3 is 0 Å². The minimum atomic E-state index is 1.01. The van der Waals surface area contributed by atoms with Gasteiger partial charge in [-0.05, 0) is 19.1 Å². The summed E-state index contributed by atoms with van der Waals surface area (Å²) in [7, 11) is 0. The van der Waals surface area contributed by atoms with Crippen molar-refractivity contribution >= 4 is 0 Å². The Hall–Kier alpha value is -1.64. The zero-order valence-corrected chi connectivity index (χ0v) is 10.8. The zero-order valence-electron chi connectivity index (χ0n) is 10.8. The first kappa shape index (κ1) is 14.4. The fraction of sp³-hybridized carbons (Fsp3) is 0.385. The minimum absolute atomic E-state index is 1.01. The summed E-state index contributed by atoms with van der Waals surface area (Å²) in [6.07, 6.45) is 7.32. The lowest BCUT2D eigenvalue weighted by Crippen LogP contribution is -1.89. The molecule has 0 amide bonds. The van der Waals surface area contributed by atoms with E-state index in [9.17, 15) is 0 Å². The Labute approximate surface area is 98.2 Å². The summed E-state index contributed by atoms with van der Waals surface area (Å²) in [5, 5.41) is 0. The Morgan fingerprint density at radius 3 is 2.25 bits per heavy atom. The van der Waals surface area contributed by atoms with Gasteiger partial charge in [0, 0.05) is 12.4 Å². The molecule has 0 saturated carbocycles. The summed E-state index contributed by atoms with van der Waals surface area (Å²) in [6.45, 7) is 9.97. The normalized spacial score (nSPS) is 8.31. The van der Waals surface area contributed by atoms with Gasteiger partial charge in [-0.2, -0.15) is 0 Å². The van der Waals surface area contributed by atoms with Crippen molar-refractivity contribution in [3.63, 3.8) is 0 Å². The van der Waals surface area contributed by atoms with E-state index < -0.39 is 0 Å². The molecule has 0 radical (unpaired) electrons. The lowest BCUT2D eigenvalue weighted by Gasteiger charge is -1.97. The van der Waals surface area contributed by atoms with Gasteiger partial charge in [0.15, 0.2) is 0 Å². The molecule has 0 aliphatic rings. The van der Waals surface area contributed by atoms with E-state index in [1.165, 1.54) is 0 Å². The standard InChI is InChI=1S/C9H9N3.2C2H6/c1-8-6-12(7-11-8)9-3-2-4-10-5-9;2*1-2/h2-7H,1H3;2*1-2H3. The molecule has 3 heteroatoms. The van der Waals surface area contributed by atoms with Crippen molar-refractivity contribution in [3.8, 4) is 5.69 Å². The highest BCUT2D eigenvalue weighted by atomic mass is 15.0. The Morgan fingerprint density at radius 1 is 1.12 bits per heavy atom. The summed E-state index contributed by atoms with van der Waals surface area (Å²) in [6, 6.07) is 3.90. The molecule has 0 saturated heterocycles. The number of pyridine rings is 1. The maximum atomic E-state index is 4.13. The van der Waals surface area contributed by atoms with Crippen molar-refractivity contribution in [2.75, 3.05) is 0 Å². The van der Waals surface area contributed by atoms with Crippen LogP contribution in [0.15, 0.2) is 37.1 Å². The van der Waals surface area contributed by atoms with Crippen LogP contribution in [0.3, 0.4) is 0 Å². The van der Waals surface area contributed by atoms with Gasteiger partial charge in [-0.25, -0.2) is 4.98 Å². The van der Waals surface area contributed by atoms with Crippen molar-refractivity contribution in [2.45, 2.75) is 34.6 Å². The Balaban J connectivity index is 0.000000509. The Bertz CT molecular complexity index is 366. The molecule has 0 aliphatic carbocycles. The number of hydrogen-bond acceptors (Lipinski definition) is 2. The smallest absolute Gasteiger partial charge is 0.0995 e. The van der Waals surface area contributed by atoms with Crippen LogP contribution in [0.5, 0.6) is 0 Å². The van der Waals surface area contributed by atoms with Crippen LogP contribution in [-0.2, 0) is 0 Å².